The fourth-order valence-corrected chi connectivity index (χ4v) is 2.48. The Balaban J connectivity index is 2.19. The Hall–Kier alpha value is -0.870. The SMILES string of the molecule is Cn1nc(C(O)C2CC2)c2cc(Br)ccc21. The summed E-state index contributed by atoms with van der Waals surface area (Å²) in [5, 5.41) is 15.7. The first kappa shape index (κ1) is 10.3. The van der Waals surface area contributed by atoms with E-state index in [1.165, 1.54) is 0 Å². The quantitative estimate of drug-likeness (QED) is 0.919. The Kier molecular flexibility index (Phi) is 2.30. The largest absolute Gasteiger partial charge is 0.386 e. The first-order chi connectivity index (χ1) is 7.66. The summed E-state index contributed by atoms with van der Waals surface area (Å²) in [5.74, 6) is 0.414. The summed E-state index contributed by atoms with van der Waals surface area (Å²) in [6, 6.07) is 6.05. The van der Waals surface area contributed by atoms with Crippen LogP contribution in [-0.4, -0.2) is 14.9 Å². The van der Waals surface area contributed by atoms with Crippen molar-refractivity contribution in [2.24, 2.45) is 13.0 Å². The van der Waals surface area contributed by atoms with Crippen LogP contribution in [0.25, 0.3) is 10.9 Å². The highest BCUT2D eigenvalue weighted by atomic mass is 79.9. The molecule has 1 unspecified atom stereocenters. The molecular weight excluding hydrogens is 268 g/mol. The lowest BCUT2D eigenvalue weighted by Gasteiger charge is -2.05. The molecule has 1 aromatic heterocycles. The zero-order chi connectivity index (χ0) is 11.3. The topological polar surface area (TPSA) is 38.0 Å². The van der Waals surface area contributed by atoms with Crippen LogP contribution in [0.4, 0.5) is 0 Å². The van der Waals surface area contributed by atoms with Crippen molar-refractivity contribution in [3.8, 4) is 0 Å². The monoisotopic (exact) mass is 280 g/mol. The molecule has 0 spiro atoms. The van der Waals surface area contributed by atoms with Crippen molar-refractivity contribution in [2.45, 2.75) is 18.9 Å². The zero-order valence-electron chi connectivity index (χ0n) is 9.02. The molecule has 0 amide bonds. The third-order valence-corrected chi connectivity index (χ3v) is 3.68. The lowest BCUT2D eigenvalue weighted by molar-refractivity contribution is 0.150. The van der Waals surface area contributed by atoms with Gasteiger partial charge in [0.05, 0.1) is 11.2 Å². The molecule has 0 bridgehead atoms. The van der Waals surface area contributed by atoms with Crippen molar-refractivity contribution in [3.63, 3.8) is 0 Å². The molecule has 2 aromatic rings. The standard InChI is InChI=1S/C12H13BrN2O/c1-15-10-5-4-8(13)6-9(10)11(14-15)12(16)7-2-3-7/h4-7,12,16H,2-3H2,1H3. The number of hydrogen-bond acceptors (Lipinski definition) is 2. The van der Waals surface area contributed by atoms with Crippen LogP contribution >= 0.6 is 15.9 Å². The van der Waals surface area contributed by atoms with Crippen LogP contribution in [0.15, 0.2) is 22.7 Å². The lowest BCUT2D eigenvalue weighted by Crippen LogP contribution is -2.01. The summed E-state index contributed by atoms with van der Waals surface area (Å²) in [4.78, 5) is 0. The second kappa shape index (κ2) is 3.57. The van der Waals surface area contributed by atoms with Crippen molar-refractivity contribution in [1.29, 1.82) is 0 Å². The van der Waals surface area contributed by atoms with E-state index in [1.54, 1.807) is 0 Å². The van der Waals surface area contributed by atoms with Crippen LogP contribution in [-0.2, 0) is 7.05 Å². The zero-order valence-corrected chi connectivity index (χ0v) is 10.6. The van der Waals surface area contributed by atoms with Crippen LogP contribution in [0.5, 0.6) is 0 Å². The number of aromatic nitrogens is 2. The molecule has 1 aromatic carbocycles. The molecule has 1 heterocycles. The molecule has 0 aliphatic heterocycles. The van der Waals surface area contributed by atoms with Crippen molar-refractivity contribution in [2.75, 3.05) is 0 Å². The Morgan fingerprint density at radius 1 is 1.50 bits per heavy atom. The Bertz CT molecular complexity index is 545. The third-order valence-electron chi connectivity index (χ3n) is 3.19. The second-order valence-electron chi connectivity index (χ2n) is 4.45. The van der Waals surface area contributed by atoms with Crippen molar-refractivity contribution in [1.82, 2.24) is 9.78 Å². The summed E-state index contributed by atoms with van der Waals surface area (Å²) in [6.07, 6.45) is 1.83. The molecule has 1 aliphatic rings. The number of aryl methyl sites for hydroxylation is 1. The Morgan fingerprint density at radius 2 is 2.25 bits per heavy atom. The number of halogens is 1. The van der Waals surface area contributed by atoms with Gasteiger partial charge in [0.2, 0.25) is 0 Å². The van der Waals surface area contributed by atoms with Gasteiger partial charge in [-0.25, -0.2) is 0 Å². The minimum Gasteiger partial charge on any atom is -0.386 e. The van der Waals surface area contributed by atoms with Gasteiger partial charge in [0.15, 0.2) is 0 Å². The van der Waals surface area contributed by atoms with Crippen LogP contribution in [0, 0.1) is 5.92 Å². The molecule has 16 heavy (non-hydrogen) atoms. The molecule has 1 aliphatic carbocycles. The predicted molar refractivity (Wildman–Crippen MR) is 66.1 cm³/mol. The maximum absolute atomic E-state index is 10.2. The number of aliphatic hydroxyl groups is 1. The molecule has 4 heteroatoms. The van der Waals surface area contributed by atoms with Gasteiger partial charge < -0.3 is 5.11 Å². The maximum Gasteiger partial charge on any atom is 0.101 e. The van der Waals surface area contributed by atoms with E-state index in [-0.39, 0.29) is 0 Å². The van der Waals surface area contributed by atoms with Gasteiger partial charge in [-0.3, -0.25) is 4.68 Å². The first-order valence-corrected chi connectivity index (χ1v) is 6.26. The van der Waals surface area contributed by atoms with Crippen molar-refractivity contribution in [3.05, 3.63) is 28.4 Å². The van der Waals surface area contributed by atoms with Gasteiger partial charge in [-0.1, -0.05) is 15.9 Å². The number of fused-ring (bicyclic) bond motifs is 1. The molecule has 1 fully saturated rings. The van der Waals surface area contributed by atoms with E-state index in [9.17, 15) is 5.11 Å². The summed E-state index contributed by atoms with van der Waals surface area (Å²) in [5.41, 5.74) is 1.89. The summed E-state index contributed by atoms with van der Waals surface area (Å²) in [6.45, 7) is 0. The fraction of sp³-hybridized carbons (Fsp3) is 0.417. The van der Waals surface area contributed by atoms with Gasteiger partial charge in [0, 0.05) is 16.9 Å². The van der Waals surface area contributed by atoms with Crippen LogP contribution in [0.3, 0.4) is 0 Å². The normalized spacial score (nSPS) is 17.9. The van der Waals surface area contributed by atoms with Crippen LogP contribution < -0.4 is 0 Å². The molecular formula is C12H13BrN2O. The Labute approximate surface area is 102 Å². The maximum atomic E-state index is 10.2. The number of nitrogens with zero attached hydrogens (tertiary/aromatic N) is 2. The lowest BCUT2D eigenvalue weighted by atomic mass is 10.1. The van der Waals surface area contributed by atoms with Crippen molar-refractivity contribution >= 4 is 26.8 Å². The summed E-state index contributed by atoms with van der Waals surface area (Å²) < 4.78 is 2.86. The van der Waals surface area contributed by atoms with E-state index < -0.39 is 6.10 Å². The van der Waals surface area contributed by atoms with Gasteiger partial charge in [-0.05, 0) is 37.0 Å². The number of benzene rings is 1. The van der Waals surface area contributed by atoms with Crippen LogP contribution in [0.1, 0.15) is 24.6 Å². The van der Waals surface area contributed by atoms with Gasteiger partial charge in [-0.2, -0.15) is 5.10 Å². The number of rotatable bonds is 2. The molecule has 3 rings (SSSR count). The molecule has 1 saturated carbocycles. The minimum atomic E-state index is -0.405. The van der Waals surface area contributed by atoms with Crippen molar-refractivity contribution < 1.29 is 5.11 Å². The highest BCUT2D eigenvalue weighted by Crippen LogP contribution is 2.42. The smallest absolute Gasteiger partial charge is 0.101 e. The molecule has 84 valence electrons. The van der Waals surface area contributed by atoms with Gasteiger partial charge >= 0.3 is 0 Å². The molecule has 3 nitrogen and oxygen atoms in total. The highest BCUT2D eigenvalue weighted by molar-refractivity contribution is 9.10. The fourth-order valence-electron chi connectivity index (χ4n) is 2.12. The van der Waals surface area contributed by atoms with Gasteiger partial charge in [0.25, 0.3) is 0 Å². The van der Waals surface area contributed by atoms with E-state index in [0.29, 0.717) is 5.92 Å². The predicted octanol–water partition coefficient (Wildman–Crippen LogP) is 2.78. The van der Waals surface area contributed by atoms with E-state index in [4.69, 9.17) is 0 Å². The first-order valence-electron chi connectivity index (χ1n) is 5.47. The molecule has 0 radical (unpaired) electrons. The summed E-state index contributed by atoms with van der Waals surface area (Å²) >= 11 is 3.46. The second-order valence-corrected chi connectivity index (χ2v) is 5.37. The molecule has 1 N–H and O–H groups in total. The van der Waals surface area contributed by atoms with Gasteiger partial charge in [-0.15, -0.1) is 0 Å². The Morgan fingerprint density at radius 3 is 2.94 bits per heavy atom. The van der Waals surface area contributed by atoms with Gasteiger partial charge in [0.1, 0.15) is 6.10 Å². The summed E-state index contributed by atoms with van der Waals surface area (Å²) in [7, 11) is 1.92. The third kappa shape index (κ3) is 1.57. The minimum absolute atomic E-state index is 0.405. The van der Waals surface area contributed by atoms with E-state index in [2.05, 4.69) is 21.0 Å². The van der Waals surface area contributed by atoms with E-state index in [0.717, 1.165) is 33.9 Å². The molecule has 0 saturated heterocycles. The highest BCUT2D eigenvalue weighted by Gasteiger charge is 2.33. The average Bonchev–Trinajstić information content (AvgIpc) is 3.04. The number of hydrogen-bond donors (Lipinski definition) is 1. The van der Waals surface area contributed by atoms with E-state index in [1.807, 2.05) is 29.9 Å². The molecule has 1 atom stereocenters. The van der Waals surface area contributed by atoms with Crippen LogP contribution in [0.2, 0.25) is 0 Å². The van der Waals surface area contributed by atoms with E-state index >= 15 is 0 Å². The average molecular weight is 281 g/mol. The number of aliphatic hydroxyl groups excluding tert-OH is 1.